The predicted molar refractivity (Wildman–Crippen MR) is 76.4 cm³/mol. The maximum absolute atomic E-state index is 5.81. The second-order valence-electron chi connectivity index (χ2n) is 5.09. The predicted octanol–water partition coefficient (Wildman–Crippen LogP) is 3.33. The summed E-state index contributed by atoms with van der Waals surface area (Å²) in [5.74, 6) is 1.05. The van der Waals surface area contributed by atoms with Crippen LogP contribution in [0.15, 0.2) is 18.2 Å². The van der Waals surface area contributed by atoms with Gasteiger partial charge in [0.1, 0.15) is 5.75 Å². The molecule has 1 N–H and O–H groups in total. The van der Waals surface area contributed by atoms with Crippen molar-refractivity contribution in [2.75, 3.05) is 19.7 Å². The minimum Gasteiger partial charge on any atom is -0.494 e. The summed E-state index contributed by atoms with van der Waals surface area (Å²) < 4.78 is 5.81. The molecule has 2 heteroatoms. The number of rotatable bonds is 7. The van der Waals surface area contributed by atoms with E-state index in [1.807, 2.05) is 0 Å². The van der Waals surface area contributed by atoms with Gasteiger partial charge in [-0.05, 0) is 74.9 Å². The molecule has 0 aliphatic heterocycles. The third-order valence-corrected chi connectivity index (χ3v) is 3.51. The Bertz CT molecular complexity index is 362. The molecule has 2 nitrogen and oxygen atoms in total. The van der Waals surface area contributed by atoms with Crippen molar-refractivity contribution in [1.29, 1.82) is 0 Å². The van der Waals surface area contributed by atoms with Crippen LogP contribution < -0.4 is 10.1 Å². The Hall–Kier alpha value is -1.02. The molecular formula is C16H25NO. The van der Waals surface area contributed by atoms with Gasteiger partial charge < -0.3 is 10.1 Å². The highest BCUT2D eigenvalue weighted by Gasteiger charge is 2.09. The van der Waals surface area contributed by atoms with Crippen LogP contribution in [0.5, 0.6) is 5.75 Å². The highest BCUT2D eigenvalue weighted by molar-refractivity contribution is 5.37. The number of hydrogen-bond donors (Lipinski definition) is 1. The van der Waals surface area contributed by atoms with Gasteiger partial charge in [-0.3, -0.25) is 0 Å². The van der Waals surface area contributed by atoms with Crippen LogP contribution in [0.1, 0.15) is 43.7 Å². The van der Waals surface area contributed by atoms with E-state index in [-0.39, 0.29) is 0 Å². The molecule has 0 unspecified atom stereocenters. The first-order valence-corrected chi connectivity index (χ1v) is 7.35. The lowest BCUT2D eigenvalue weighted by Gasteiger charge is -2.16. The number of hydrogen-bond acceptors (Lipinski definition) is 2. The van der Waals surface area contributed by atoms with Crippen molar-refractivity contribution in [3.05, 3.63) is 29.3 Å². The molecule has 0 saturated carbocycles. The Morgan fingerprint density at radius 3 is 2.78 bits per heavy atom. The molecule has 0 spiro atoms. The van der Waals surface area contributed by atoms with Gasteiger partial charge in [0, 0.05) is 0 Å². The lowest BCUT2D eigenvalue weighted by molar-refractivity contribution is 0.307. The van der Waals surface area contributed by atoms with Crippen molar-refractivity contribution in [3.8, 4) is 5.75 Å². The van der Waals surface area contributed by atoms with E-state index in [0.29, 0.717) is 0 Å². The fourth-order valence-corrected chi connectivity index (χ4v) is 2.49. The summed E-state index contributed by atoms with van der Waals surface area (Å²) in [5.41, 5.74) is 3.03. The summed E-state index contributed by atoms with van der Waals surface area (Å²) in [4.78, 5) is 0. The fraction of sp³-hybridized carbons (Fsp3) is 0.625. The van der Waals surface area contributed by atoms with E-state index in [2.05, 4.69) is 30.4 Å². The van der Waals surface area contributed by atoms with E-state index in [0.717, 1.165) is 31.9 Å². The first-order valence-electron chi connectivity index (χ1n) is 7.35. The average Bonchev–Trinajstić information content (AvgIpc) is 2.42. The summed E-state index contributed by atoms with van der Waals surface area (Å²) in [6, 6.07) is 6.62. The maximum atomic E-state index is 5.81. The normalized spacial score (nSPS) is 14.3. The van der Waals surface area contributed by atoms with Crippen molar-refractivity contribution in [3.63, 3.8) is 0 Å². The third-order valence-electron chi connectivity index (χ3n) is 3.51. The van der Waals surface area contributed by atoms with Crippen molar-refractivity contribution >= 4 is 0 Å². The van der Waals surface area contributed by atoms with Gasteiger partial charge in [-0.2, -0.15) is 0 Å². The van der Waals surface area contributed by atoms with Crippen LogP contribution in [-0.4, -0.2) is 19.7 Å². The molecule has 0 heterocycles. The Labute approximate surface area is 111 Å². The average molecular weight is 247 g/mol. The first kappa shape index (κ1) is 13.4. The zero-order valence-electron chi connectivity index (χ0n) is 11.5. The Balaban J connectivity index is 1.72. The van der Waals surface area contributed by atoms with Crippen LogP contribution in [0.3, 0.4) is 0 Å². The minimum atomic E-state index is 0.815. The van der Waals surface area contributed by atoms with Crippen LogP contribution in [0.2, 0.25) is 0 Å². The molecule has 100 valence electrons. The summed E-state index contributed by atoms with van der Waals surface area (Å²) >= 11 is 0. The van der Waals surface area contributed by atoms with Crippen LogP contribution in [0, 0.1) is 0 Å². The summed E-state index contributed by atoms with van der Waals surface area (Å²) in [5, 5.41) is 3.39. The Morgan fingerprint density at radius 2 is 1.94 bits per heavy atom. The second kappa shape index (κ2) is 7.42. The molecule has 1 aliphatic rings. The van der Waals surface area contributed by atoms with Crippen molar-refractivity contribution in [1.82, 2.24) is 5.32 Å². The zero-order valence-corrected chi connectivity index (χ0v) is 11.5. The summed E-state index contributed by atoms with van der Waals surface area (Å²) in [6.45, 7) is 5.17. The van der Waals surface area contributed by atoms with E-state index in [1.54, 1.807) is 0 Å². The van der Waals surface area contributed by atoms with Crippen LogP contribution in [0.25, 0.3) is 0 Å². The topological polar surface area (TPSA) is 21.3 Å². The molecule has 2 rings (SSSR count). The minimum absolute atomic E-state index is 0.815. The molecule has 1 aromatic rings. The van der Waals surface area contributed by atoms with Gasteiger partial charge in [-0.25, -0.2) is 0 Å². The molecule has 0 saturated heterocycles. The molecule has 0 bridgehead atoms. The first-order chi connectivity index (χ1) is 8.90. The lowest BCUT2D eigenvalue weighted by Crippen LogP contribution is -2.18. The maximum Gasteiger partial charge on any atom is 0.119 e. The molecule has 0 amide bonds. The number of aryl methyl sites for hydroxylation is 2. The number of nitrogens with one attached hydrogen (secondary N) is 1. The lowest BCUT2D eigenvalue weighted by atomic mass is 9.92. The number of fused-ring (bicyclic) bond motifs is 1. The van der Waals surface area contributed by atoms with Crippen molar-refractivity contribution in [2.24, 2.45) is 0 Å². The molecular weight excluding hydrogens is 222 g/mol. The highest BCUT2D eigenvalue weighted by atomic mass is 16.5. The van der Waals surface area contributed by atoms with Gasteiger partial charge in [0.25, 0.3) is 0 Å². The van der Waals surface area contributed by atoms with Crippen molar-refractivity contribution < 1.29 is 4.74 Å². The smallest absolute Gasteiger partial charge is 0.119 e. The molecule has 0 fully saturated rings. The van der Waals surface area contributed by atoms with Gasteiger partial charge in [0.05, 0.1) is 6.61 Å². The Morgan fingerprint density at radius 1 is 1.11 bits per heavy atom. The van der Waals surface area contributed by atoms with Gasteiger partial charge >= 0.3 is 0 Å². The number of benzene rings is 1. The van der Waals surface area contributed by atoms with E-state index in [9.17, 15) is 0 Å². The Kier molecular flexibility index (Phi) is 5.53. The van der Waals surface area contributed by atoms with Gasteiger partial charge in [-0.15, -0.1) is 0 Å². The summed E-state index contributed by atoms with van der Waals surface area (Å²) in [7, 11) is 0. The molecule has 0 aromatic heterocycles. The summed E-state index contributed by atoms with van der Waals surface area (Å²) in [6.07, 6.45) is 7.43. The van der Waals surface area contributed by atoms with E-state index in [1.165, 1.54) is 43.2 Å². The molecule has 1 aromatic carbocycles. The van der Waals surface area contributed by atoms with E-state index in [4.69, 9.17) is 4.74 Å². The zero-order chi connectivity index (χ0) is 12.6. The molecule has 0 atom stereocenters. The van der Waals surface area contributed by atoms with Crippen molar-refractivity contribution in [2.45, 2.75) is 45.4 Å². The van der Waals surface area contributed by atoms with E-state index < -0.39 is 0 Å². The fourth-order valence-electron chi connectivity index (χ4n) is 2.49. The quantitative estimate of drug-likeness (QED) is 0.746. The van der Waals surface area contributed by atoms with E-state index >= 15 is 0 Å². The SMILES string of the molecule is CCCNCCCOc1ccc2c(c1)CCCC2. The van der Waals surface area contributed by atoms with Crippen LogP contribution >= 0.6 is 0 Å². The molecule has 0 radical (unpaired) electrons. The second-order valence-corrected chi connectivity index (χ2v) is 5.09. The van der Waals surface area contributed by atoms with Crippen LogP contribution in [0.4, 0.5) is 0 Å². The van der Waals surface area contributed by atoms with Gasteiger partial charge in [0.2, 0.25) is 0 Å². The largest absolute Gasteiger partial charge is 0.494 e. The molecule has 1 aliphatic carbocycles. The van der Waals surface area contributed by atoms with Gasteiger partial charge in [0.15, 0.2) is 0 Å². The number of ether oxygens (including phenoxy) is 1. The highest BCUT2D eigenvalue weighted by Crippen LogP contribution is 2.25. The monoisotopic (exact) mass is 247 g/mol. The standard InChI is InChI=1S/C16H25NO/c1-2-10-17-11-5-12-18-16-9-8-14-6-3-4-7-15(14)13-16/h8-9,13,17H,2-7,10-12H2,1H3. The molecule has 18 heavy (non-hydrogen) atoms. The van der Waals surface area contributed by atoms with Gasteiger partial charge in [-0.1, -0.05) is 13.0 Å². The third kappa shape index (κ3) is 4.02. The van der Waals surface area contributed by atoms with Crippen LogP contribution in [-0.2, 0) is 12.8 Å².